The maximum absolute atomic E-state index is 10.8. The number of hydrogen-bond acceptors (Lipinski definition) is 4. The number of rotatable bonds is 6. The molecule has 0 aliphatic heterocycles. The zero-order valence-corrected chi connectivity index (χ0v) is 8.08. The van der Waals surface area contributed by atoms with E-state index in [4.69, 9.17) is 9.84 Å². The van der Waals surface area contributed by atoms with Gasteiger partial charge in [-0.25, -0.2) is 4.79 Å². The highest BCUT2D eigenvalue weighted by atomic mass is 16.6. The third-order valence-electron chi connectivity index (χ3n) is 1.37. The molecule has 5 heteroatoms. The molecule has 0 rings (SSSR count). The number of aliphatic hydroxyl groups excluding tert-OH is 1. The molecule has 0 aromatic carbocycles. The van der Waals surface area contributed by atoms with Crippen molar-refractivity contribution in [3.05, 3.63) is 0 Å². The normalized spacial score (nSPS) is 12.2. The van der Waals surface area contributed by atoms with Crippen molar-refractivity contribution >= 4 is 6.09 Å². The molecule has 1 atom stereocenters. The number of methoxy groups -OCH3 is 1. The number of amides is 1. The molecule has 0 aliphatic rings. The third-order valence-corrected chi connectivity index (χ3v) is 1.37. The van der Waals surface area contributed by atoms with Crippen LogP contribution >= 0.6 is 0 Å². The Kier molecular flexibility index (Phi) is 7.33. The summed E-state index contributed by atoms with van der Waals surface area (Å²) in [6.45, 7) is 2.94. The van der Waals surface area contributed by atoms with Gasteiger partial charge in [-0.3, -0.25) is 0 Å². The summed E-state index contributed by atoms with van der Waals surface area (Å²) in [6.07, 6.45) is -0.503. The molecular formula is C8H17NO4. The van der Waals surface area contributed by atoms with Crippen LogP contribution in [0.3, 0.4) is 0 Å². The van der Waals surface area contributed by atoms with E-state index in [-0.39, 0.29) is 19.1 Å². The quantitative estimate of drug-likeness (QED) is 0.619. The third kappa shape index (κ3) is 7.55. The van der Waals surface area contributed by atoms with E-state index >= 15 is 0 Å². The van der Waals surface area contributed by atoms with E-state index in [1.165, 1.54) is 0 Å². The molecule has 0 bridgehead atoms. The van der Waals surface area contributed by atoms with Crippen molar-refractivity contribution in [3.63, 3.8) is 0 Å². The van der Waals surface area contributed by atoms with E-state index < -0.39 is 6.09 Å². The van der Waals surface area contributed by atoms with Gasteiger partial charge in [0.2, 0.25) is 0 Å². The number of aliphatic hydroxyl groups is 1. The second-order valence-corrected chi connectivity index (χ2v) is 2.80. The standard InChI is InChI=1S/C8H17NO4/c1-7(6-12-2)5-9-8(11)13-4-3-10/h7,10H,3-6H2,1-2H3,(H,9,11). The van der Waals surface area contributed by atoms with Crippen molar-refractivity contribution in [2.75, 3.05) is 33.5 Å². The summed E-state index contributed by atoms with van der Waals surface area (Å²) < 4.78 is 9.46. The number of alkyl carbamates (subject to hydrolysis) is 1. The van der Waals surface area contributed by atoms with Crippen LogP contribution in [0.15, 0.2) is 0 Å². The second-order valence-electron chi connectivity index (χ2n) is 2.80. The fourth-order valence-electron chi connectivity index (χ4n) is 0.790. The van der Waals surface area contributed by atoms with E-state index in [0.29, 0.717) is 13.2 Å². The minimum absolute atomic E-state index is 0.0322. The number of carbonyl (C=O) groups excluding carboxylic acids is 1. The van der Waals surface area contributed by atoms with Gasteiger partial charge in [0, 0.05) is 13.7 Å². The van der Waals surface area contributed by atoms with Crippen LogP contribution in [0.1, 0.15) is 6.92 Å². The monoisotopic (exact) mass is 191 g/mol. The van der Waals surface area contributed by atoms with Gasteiger partial charge in [0.15, 0.2) is 0 Å². The largest absolute Gasteiger partial charge is 0.447 e. The Morgan fingerprint density at radius 2 is 2.31 bits per heavy atom. The molecule has 1 unspecified atom stereocenters. The van der Waals surface area contributed by atoms with E-state index in [0.717, 1.165) is 0 Å². The van der Waals surface area contributed by atoms with E-state index in [1.54, 1.807) is 7.11 Å². The Labute approximate surface area is 78.0 Å². The summed E-state index contributed by atoms with van der Waals surface area (Å²) in [4.78, 5) is 10.8. The Morgan fingerprint density at radius 3 is 2.85 bits per heavy atom. The summed E-state index contributed by atoms with van der Waals surface area (Å²) in [6, 6.07) is 0. The fourth-order valence-corrected chi connectivity index (χ4v) is 0.790. The highest BCUT2D eigenvalue weighted by Crippen LogP contribution is 1.92. The van der Waals surface area contributed by atoms with Crippen molar-refractivity contribution < 1.29 is 19.4 Å². The van der Waals surface area contributed by atoms with Crippen molar-refractivity contribution in [1.82, 2.24) is 5.32 Å². The Bertz CT molecular complexity index is 140. The summed E-state index contributed by atoms with van der Waals surface area (Å²) in [5, 5.41) is 10.9. The topological polar surface area (TPSA) is 67.8 Å². The van der Waals surface area contributed by atoms with Crippen molar-refractivity contribution in [2.24, 2.45) is 5.92 Å². The van der Waals surface area contributed by atoms with Crippen LogP contribution in [0.25, 0.3) is 0 Å². The Hall–Kier alpha value is -0.810. The van der Waals surface area contributed by atoms with Gasteiger partial charge in [-0.1, -0.05) is 6.92 Å². The van der Waals surface area contributed by atoms with Gasteiger partial charge >= 0.3 is 6.09 Å². The maximum Gasteiger partial charge on any atom is 0.407 e. The molecule has 0 aromatic heterocycles. The molecule has 0 radical (unpaired) electrons. The van der Waals surface area contributed by atoms with E-state index in [9.17, 15) is 4.79 Å². The smallest absolute Gasteiger partial charge is 0.407 e. The molecule has 1 amide bonds. The Morgan fingerprint density at radius 1 is 1.62 bits per heavy atom. The first-order valence-electron chi connectivity index (χ1n) is 4.21. The summed E-state index contributed by atoms with van der Waals surface area (Å²) in [7, 11) is 1.61. The molecule has 0 aliphatic carbocycles. The molecule has 0 saturated carbocycles. The molecule has 2 N–H and O–H groups in total. The van der Waals surface area contributed by atoms with Gasteiger partial charge in [-0.15, -0.1) is 0 Å². The van der Waals surface area contributed by atoms with E-state index in [2.05, 4.69) is 10.1 Å². The van der Waals surface area contributed by atoms with Crippen molar-refractivity contribution in [2.45, 2.75) is 6.92 Å². The molecule has 0 aromatic rings. The number of hydrogen-bond donors (Lipinski definition) is 2. The van der Waals surface area contributed by atoms with Gasteiger partial charge in [0.05, 0.1) is 13.2 Å². The molecule has 0 heterocycles. The lowest BCUT2D eigenvalue weighted by Gasteiger charge is -2.11. The first kappa shape index (κ1) is 12.2. The van der Waals surface area contributed by atoms with Crippen LogP contribution in [-0.4, -0.2) is 44.7 Å². The van der Waals surface area contributed by atoms with Crippen LogP contribution in [-0.2, 0) is 9.47 Å². The zero-order chi connectivity index (χ0) is 10.1. The minimum Gasteiger partial charge on any atom is -0.447 e. The SMILES string of the molecule is COCC(C)CNC(=O)OCCO. The number of ether oxygens (including phenoxy) is 2. The maximum atomic E-state index is 10.8. The highest BCUT2D eigenvalue weighted by Gasteiger charge is 2.04. The average molecular weight is 191 g/mol. The van der Waals surface area contributed by atoms with Crippen LogP contribution in [0.5, 0.6) is 0 Å². The molecular weight excluding hydrogens is 174 g/mol. The number of nitrogens with one attached hydrogen (secondary N) is 1. The second kappa shape index (κ2) is 7.82. The molecule has 0 spiro atoms. The first-order valence-corrected chi connectivity index (χ1v) is 4.21. The lowest BCUT2D eigenvalue weighted by molar-refractivity contribution is 0.114. The first-order chi connectivity index (χ1) is 6.20. The van der Waals surface area contributed by atoms with Gasteiger partial charge < -0.3 is 19.9 Å². The van der Waals surface area contributed by atoms with Crippen molar-refractivity contribution in [3.8, 4) is 0 Å². The van der Waals surface area contributed by atoms with Gasteiger partial charge in [-0.05, 0) is 5.92 Å². The summed E-state index contributed by atoms with van der Waals surface area (Å²) in [5.74, 6) is 0.256. The summed E-state index contributed by atoms with van der Waals surface area (Å²) in [5.41, 5.74) is 0. The minimum atomic E-state index is -0.503. The molecule has 0 fully saturated rings. The van der Waals surface area contributed by atoms with Gasteiger partial charge in [-0.2, -0.15) is 0 Å². The van der Waals surface area contributed by atoms with Gasteiger partial charge in [0.25, 0.3) is 0 Å². The zero-order valence-electron chi connectivity index (χ0n) is 8.08. The molecule has 13 heavy (non-hydrogen) atoms. The number of carbonyl (C=O) groups is 1. The predicted octanol–water partition coefficient (Wildman–Crippen LogP) is -0.0126. The Balaban J connectivity index is 3.34. The van der Waals surface area contributed by atoms with Crippen LogP contribution in [0.4, 0.5) is 4.79 Å². The summed E-state index contributed by atoms with van der Waals surface area (Å²) >= 11 is 0. The molecule has 78 valence electrons. The fraction of sp³-hybridized carbons (Fsp3) is 0.875. The average Bonchev–Trinajstić information content (AvgIpc) is 2.12. The van der Waals surface area contributed by atoms with E-state index in [1.807, 2.05) is 6.92 Å². The lowest BCUT2D eigenvalue weighted by atomic mass is 10.2. The van der Waals surface area contributed by atoms with Crippen molar-refractivity contribution in [1.29, 1.82) is 0 Å². The van der Waals surface area contributed by atoms with Gasteiger partial charge in [0.1, 0.15) is 6.61 Å². The highest BCUT2D eigenvalue weighted by molar-refractivity contribution is 5.67. The lowest BCUT2D eigenvalue weighted by Crippen LogP contribution is -2.31. The van der Waals surface area contributed by atoms with Crippen LogP contribution in [0, 0.1) is 5.92 Å². The molecule has 5 nitrogen and oxygen atoms in total. The molecule has 0 saturated heterocycles. The predicted molar refractivity (Wildman–Crippen MR) is 47.5 cm³/mol. The van der Waals surface area contributed by atoms with Crippen LogP contribution < -0.4 is 5.32 Å². The van der Waals surface area contributed by atoms with Crippen LogP contribution in [0.2, 0.25) is 0 Å².